The zero-order valence-electron chi connectivity index (χ0n) is 11.0. The second kappa shape index (κ2) is 6.11. The first-order chi connectivity index (χ1) is 8.18. The van der Waals surface area contributed by atoms with Gasteiger partial charge in [-0.2, -0.15) is 16.1 Å². The second-order valence-electron chi connectivity index (χ2n) is 4.76. The quantitative estimate of drug-likeness (QED) is 0.750. The minimum absolute atomic E-state index is 0.0280. The van der Waals surface area contributed by atoms with E-state index in [0.717, 1.165) is 12.7 Å². The van der Waals surface area contributed by atoms with Gasteiger partial charge in [-0.05, 0) is 5.92 Å². The maximum absolute atomic E-state index is 12.3. The highest BCUT2D eigenvalue weighted by atomic mass is 32.2. The molecule has 18 heavy (non-hydrogen) atoms. The molecule has 1 heterocycles. The third-order valence-corrected chi connectivity index (χ3v) is 8.00. The van der Waals surface area contributed by atoms with E-state index in [2.05, 4.69) is 0 Å². The van der Waals surface area contributed by atoms with E-state index in [1.54, 1.807) is 0 Å². The predicted molar refractivity (Wildman–Crippen MR) is 75.9 cm³/mol. The van der Waals surface area contributed by atoms with Crippen LogP contribution in [-0.2, 0) is 19.9 Å². The van der Waals surface area contributed by atoms with Crippen LogP contribution in [-0.4, -0.2) is 56.6 Å². The lowest BCUT2D eigenvalue weighted by Crippen LogP contribution is -2.51. The molecule has 108 valence electrons. The van der Waals surface area contributed by atoms with Crippen molar-refractivity contribution in [3.8, 4) is 0 Å². The van der Waals surface area contributed by atoms with Gasteiger partial charge in [-0.25, -0.2) is 16.8 Å². The molecule has 1 saturated heterocycles. The van der Waals surface area contributed by atoms with Gasteiger partial charge in [0.25, 0.3) is 0 Å². The molecule has 0 aliphatic carbocycles. The van der Waals surface area contributed by atoms with Crippen LogP contribution in [0.1, 0.15) is 20.3 Å². The molecule has 0 aromatic carbocycles. The second-order valence-corrected chi connectivity index (χ2v) is 10.1. The van der Waals surface area contributed by atoms with Crippen molar-refractivity contribution in [3.05, 3.63) is 0 Å². The monoisotopic (exact) mass is 315 g/mol. The largest absolute Gasteiger partial charge is 0.227 e. The van der Waals surface area contributed by atoms with Crippen LogP contribution >= 0.6 is 11.8 Å². The maximum Gasteiger partial charge on any atom is 0.215 e. The van der Waals surface area contributed by atoms with Gasteiger partial charge in [0.05, 0.1) is 5.75 Å². The highest BCUT2D eigenvalue weighted by Gasteiger charge is 2.38. The fourth-order valence-electron chi connectivity index (χ4n) is 1.79. The average molecular weight is 315 g/mol. The summed E-state index contributed by atoms with van der Waals surface area (Å²) < 4.78 is 49.1. The van der Waals surface area contributed by atoms with Crippen molar-refractivity contribution >= 4 is 31.6 Å². The van der Waals surface area contributed by atoms with E-state index < -0.39 is 25.2 Å². The minimum atomic E-state index is -3.49. The summed E-state index contributed by atoms with van der Waals surface area (Å²) in [6.07, 6.45) is 1.88. The summed E-state index contributed by atoms with van der Waals surface area (Å²) in [5.74, 6) is 1.06. The molecule has 5 nitrogen and oxygen atoms in total. The van der Waals surface area contributed by atoms with Crippen LogP contribution in [0.15, 0.2) is 0 Å². The van der Waals surface area contributed by atoms with E-state index in [1.807, 2.05) is 13.8 Å². The standard InChI is InChI=1S/C10H21NO4S3/c1-4-9(2)8-18(14,15)11-5-6-16-7-10(11)17(3,12)13/h9-10H,4-8H2,1-3H3/t9-,10+/m0/s1. The Labute approximate surface area is 114 Å². The first kappa shape index (κ1) is 16.3. The number of rotatable bonds is 5. The van der Waals surface area contributed by atoms with E-state index in [9.17, 15) is 16.8 Å². The van der Waals surface area contributed by atoms with E-state index in [-0.39, 0.29) is 11.7 Å². The number of hydrogen-bond donors (Lipinski definition) is 0. The molecule has 0 spiro atoms. The van der Waals surface area contributed by atoms with Crippen LogP contribution in [0, 0.1) is 5.92 Å². The van der Waals surface area contributed by atoms with Crippen LogP contribution in [0.5, 0.6) is 0 Å². The molecule has 1 aliphatic rings. The summed E-state index contributed by atoms with van der Waals surface area (Å²) >= 11 is 1.49. The number of nitrogens with zero attached hydrogens (tertiary/aromatic N) is 1. The summed E-state index contributed by atoms with van der Waals surface area (Å²) in [5.41, 5.74) is 0. The van der Waals surface area contributed by atoms with E-state index in [0.29, 0.717) is 18.1 Å². The maximum atomic E-state index is 12.3. The molecule has 0 radical (unpaired) electrons. The van der Waals surface area contributed by atoms with Gasteiger partial charge in [-0.15, -0.1) is 0 Å². The summed E-state index contributed by atoms with van der Waals surface area (Å²) in [6, 6.07) is 0. The summed E-state index contributed by atoms with van der Waals surface area (Å²) in [6.45, 7) is 4.09. The molecule has 0 bridgehead atoms. The van der Waals surface area contributed by atoms with Crippen molar-refractivity contribution in [1.29, 1.82) is 0 Å². The number of sulfonamides is 1. The number of sulfone groups is 1. The van der Waals surface area contributed by atoms with Gasteiger partial charge in [-0.1, -0.05) is 20.3 Å². The average Bonchev–Trinajstić information content (AvgIpc) is 2.27. The molecule has 0 aromatic heterocycles. The SMILES string of the molecule is CC[C@H](C)CS(=O)(=O)N1CCSC[C@H]1S(C)(=O)=O. The molecule has 0 amide bonds. The molecular weight excluding hydrogens is 294 g/mol. The Morgan fingerprint density at radius 3 is 2.44 bits per heavy atom. The predicted octanol–water partition coefficient (Wildman–Crippen LogP) is 0.782. The van der Waals surface area contributed by atoms with Crippen molar-refractivity contribution < 1.29 is 16.8 Å². The van der Waals surface area contributed by atoms with Crippen LogP contribution in [0.3, 0.4) is 0 Å². The number of hydrogen-bond acceptors (Lipinski definition) is 5. The van der Waals surface area contributed by atoms with E-state index in [4.69, 9.17) is 0 Å². The number of thioether (sulfide) groups is 1. The van der Waals surface area contributed by atoms with Crippen LogP contribution < -0.4 is 0 Å². The Balaban J connectivity index is 2.97. The Hall–Kier alpha value is 0.210. The summed E-state index contributed by atoms with van der Waals surface area (Å²) in [7, 11) is -6.86. The Bertz CT molecular complexity index is 471. The Morgan fingerprint density at radius 2 is 1.94 bits per heavy atom. The first-order valence-electron chi connectivity index (χ1n) is 5.94. The lowest BCUT2D eigenvalue weighted by atomic mass is 10.2. The molecule has 8 heteroatoms. The molecule has 0 N–H and O–H groups in total. The molecule has 0 aromatic rings. The van der Waals surface area contributed by atoms with Gasteiger partial charge < -0.3 is 0 Å². The van der Waals surface area contributed by atoms with Gasteiger partial charge in [0, 0.05) is 24.3 Å². The van der Waals surface area contributed by atoms with E-state index in [1.165, 1.54) is 16.1 Å². The van der Waals surface area contributed by atoms with Crippen molar-refractivity contribution in [2.24, 2.45) is 5.92 Å². The Kier molecular flexibility index (Phi) is 5.52. The molecule has 1 aliphatic heterocycles. The fourth-order valence-corrected chi connectivity index (χ4v) is 7.50. The minimum Gasteiger partial charge on any atom is -0.227 e. The van der Waals surface area contributed by atoms with Crippen LogP contribution in [0.2, 0.25) is 0 Å². The third-order valence-electron chi connectivity index (χ3n) is 3.08. The van der Waals surface area contributed by atoms with Gasteiger partial charge >= 0.3 is 0 Å². The zero-order chi connectivity index (χ0) is 14.0. The van der Waals surface area contributed by atoms with Gasteiger partial charge in [0.2, 0.25) is 10.0 Å². The highest BCUT2D eigenvalue weighted by molar-refractivity contribution is 8.01. The van der Waals surface area contributed by atoms with E-state index >= 15 is 0 Å². The van der Waals surface area contributed by atoms with Gasteiger partial charge in [-0.3, -0.25) is 0 Å². The molecule has 1 fully saturated rings. The van der Waals surface area contributed by atoms with Crippen molar-refractivity contribution in [2.75, 3.05) is 30.1 Å². The summed E-state index contributed by atoms with van der Waals surface area (Å²) in [4.78, 5) is 0. The normalized spacial score (nSPS) is 24.9. The fraction of sp³-hybridized carbons (Fsp3) is 1.00. The Morgan fingerprint density at radius 1 is 1.33 bits per heavy atom. The van der Waals surface area contributed by atoms with Crippen LogP contribution in [0.4, 0.5) is 0 Å². The smallest absolute Gasteiger partial charge is 0.215 e. The third kappa shape index (κ3) is 4.11. The van der Waals surface area contributed by atoms with Gasteiger partial charge in [0.1, 0.15) is 5.37 Å². The van der Waals surface area contributed by atoms with Crippen molar-refractivity contribution in [3.63, 3.8) is 0 Å². The summed E-state index contributed by atoms with van der Waals surface area (Å²) in [5, 5.41) is -0.898. The lowest BCUT2D eigenvalue weighted by Gasteiger charge is -2.33. The molecule has 0 saturated carbocycles. The molecule has 0 unspecified atom stereocenters. The van der Waals surface area contributed by atoms with Gasteiger partial charge in [0.15, 0.2) is 9.84 Å². The molecular formula is C10H21NO4S3. The topological polar surface area (TPSA) is 71.5 Å². The van der Waals surface area contributed by atoms with Crippen molar-refractivity contribution in [1.82, 2.24) is 4.31 Å². The van der Waals surface area contributed by atoms with Crippen molar-refractivity contribution in [2.45, 2.75) is 25.6 Å². The van der Waals surface area contributed by atoms with Crippen LogP contribution in [0.25, 0.3) is 0 Å². The highest BCUT2D eigenvalue weighted by Crippen LogP contribution is 2.24. The lowest BCUT2D eigenvalue weighted by molar-refractivity contribution is 0.399. The first-order valence-corrected chi connectivity index (χ1v) is 10.7. The zero-order valence-corrected chi connectivity index (χ0v) is 13.4. The molecule has 2 atom stereocenters. The molecule has 1 rings (SSSR count).